The van der Waals surface area contributed by atoms with Crippen LogP contribution in [0.3, 0.4) is 0 Å². The number of likely N-dealkylation sites (tertiary alicyclic amines) is 1. The summed E-state index contributed by atoms with van der Waals surface area (Å²) in [4.78, 5) is 9.63. The van der Waals surface area contributed by atoms with Crippen LogP contribution >= 0.6 is 11.3 Å². The molecule has 7 heteroatoms. The highest BCUT2D eigenvalue weighted by Crippen LogP contribution is 2.40. The lowest BCUT2D eigenvalue weighted by Crippen LogP contribution is -2.33. The minimum absolute atomic E-state index is 0.538. The molecule has 5 rings (SSSR count). The lowest BCUT2D eigenvalue weighted by Gasteiger charge is -2.31. The summed E-state index contributed by atoms with van der Waals surface area (Å²) >= 11 is 1.92. The number of aryl methyl sites for hydroxylation is 1. The van der Waals surface area contributed by atoms with Gasteiger partial charge in [0.2, 0.25) is 0 Å². The van der Waals surface area contributed by atoms with Crippen LogP contribution < -0.4 is 0 Å². The second-order valence-electron chi connectivity index (χ2n) is 7.87. The summed E-state index contributed by atoms with van der Waals surface area (Å²) in [6, 6.07) is 5.12. The van der Waals surface area contributed by atoms with E-state index in [0.29, 0.717) is 12.0 Å². The van der Waals surface area contributed by atoms with Gasteiger partial charge in [0, 0.05) is 40.7 Å². The first kappa shape index (κ1) is 17.1. The van der Waals surface area contributed by atoms with Crippen molar-refractivity contribution in [2.45, 2.75) is 57.7 Å². The molecule has 0 amide bonds. The summed E-state index contributed by atoms with van der Waals surface area (Å²) in [5, 5.41) is 9.23. The summed E-state index contributed by atoms with van der Waals surface area (Å²) in [5.41, 5.74) is 0. The third-order valence-electron chi connectivity index (χ3n) is 5.72. The van der Waals surface area contributed by atoms with E-state index in [0.717, 1.165) is 32.0 Å². The van der Waals surface area contributed by atoms with E-state index in [9.17, 15) is 0 Å². The SMILES string of the molecule is Cc1ccc(CN2CCC(c3nnc(Cn4ccnc4)n3C3CC3)CC2)s1. The van der Waals surface area contributed by atoms with Gasteiger partial charge < -0.3 is 9.13 Å². The van der Waals surface area contributed by atoms with Crippen molar-refractivity contribution < 1.29 is 0 Å². The van der Waals surface area contributed by atoms with Crippen molar-refractivity contribution in [3.63, 3.8) is 0 Å². The highest BCUT2D eigenvalue weighted by atomic mass is 32.1. The zero-order chi connectivity index (χ0) is 18.2. The predicted octanol–water partition coefficient (Wildman–Crippen LogP) is 3.61. The van der Waals surface area contributed by atoms with Crippen molar-refractivity contribution in [2.75, 3.05) is 13.1 Å². The second kappa shape index (κ2) is 7.20. The van der Waals surface area contributed by atoms with Crippen molar-refractivity contribution in [1.29, 1.82) is 0 Å². The molecule has 0 bridgehead atoms. The number of rotatable bonds is 6. The summed E-state index contributed by atoms with van der Waals surface area (Å²) < 4.78 is 4.53. The topological polar surface area (TPSA) is 51.8 Å². The van der Waals surface area contributed by atoms with Crippen molar-refractivity contribution in [2.24, 2.45) is 0 Å². The van der Waals surface area contributed by atoms with Crippen LogP contribution in [-0.4, -0.2) is 42.3 Å². The van der Waals surface area contributed by atoms with Gasteiger partial charge in [0.25, 0.3) is 0 Å². The molecule has 0 N–H and O–H groups in total. The largest absolute Gasteiger partial charge is 0.330 e. The fourth-order valence-corrected chi connectivity index (χ4v) is 5.07. The van der Waals surface area contributed by atoms with Crippen LogP contribution in [0.15, 0.2) is 30.9 Å². The fraction of sp³-hybridized carbons (Fsp3) is 0.550. The maximum atomic E-state index is 4.66. The minimum Gasteiger partial charge on any atom is -0.330 e. The highest BCUT2D eigenvalue weighted by molar-refractivity contribution is 7.11. The summed E-state index contributed by atoms with van der Waals surface area (Å²) in [5.74, 6) is 2.84. The average Bonchev–Trinajstić information content (AvgIpc) is 3.05. The van der Waals surface area contributed by atoms with Crippen molar-refractivity contribution in [3.8, 4) is 0 Å². The van der Waals surface area contributed by atoms with Gasteiger partial charge in [0.05, 0.1) is 12.9 Å². The van der Waals surface area contributed by atoms with Gasteiger partial charge in [-0.25, -0.2) is 4.98 Å². The first-order valence-electron chi connectivity index (χ1n) is 9.93. The third-order valence-corrected chi connectivity index (χ3v) is 6.70. The van der Waals surface area contributed by atoms with E-state index in [1.165, 1.54) is 41.3 Å². The molecule has 3 aromatic heterocycles. The zero-order valence-electron chi connectivity index (χ0n) is 15.8. The molecule has 1 aliphatic heterocycles. The Labute approximate surface area is 163 Å². The van der Waals surface area contributed by atoms with Gasteiger partial charge in [0.1, 0.15) is 5.82 Å². The quantitative estimate of drug-likeness (QED) is 0.654. The maximum Gasteiger partial charge on any atom is 0.153 e. The van der Waals surface area contributed by atoms with E-state index in [-0.39, 0.29) is 0 Å². The van der Waals surface area contributed by atoms with Crippen LogP contribution in [0.5, 0.6) is 0 Å². The lowest BCUT2D eigenvalue weighted by atomic mass is 9.95. The molecule has 1 aliphatic carbocycles. The number of hydrogen-bond acceptors (Lipinski definition) is 5. The molecule has 0 aromatic carbocycles. The standard InChI is InChI=1S/C20H26N6S/c1-15-2-5-18(27-15)12-24-9-6-16(7-10-24)20-23-22-19(26(20)17-3-4-17)13-25-11-8-21-14-25/h2,5,8,11,14,16-17H,3-4,6-7,9-10,12-13H2,1H3. The molecular weight excluding hydrogens is 356 g/mol. The average molecular weight is 383 g/mol. The van der Waals surface area contributed by atoms with E-state index >= 15 is 0 Å². The second-order valence-corrected chi connectivity index (χ2v) is 9.25. The molecule has 1 saturated carbocycles. The molecular formula is C20H26N6S. The number of imidazole rings is 1. The van der Waals surface area contributed by atoms with Gasteiger partial charge in [-0.15, -0.1) is 21.5 Å². The van der Waals surface area contributed by atoms with E-state index < -0.39 is 0 Å². The van der Waals surface area contributed by atoms with Gasteiger partial charge >= 0.3 is 0 Å². The van der Waals surface area contributed by atoms with Crippen LogP contribution in [0.2, 0.25) is 0 Å². The van der Waals surface area contributed by atoms with Crippen molar-refractivity contribution in [3.05, 3.63) is 52.3 Å². The van der Waals surface area contributed by atoms with E-state index in [1.54, 1.807) is 0 Å². The summed E-state index contributed by atoms with van der Waals surface area (Å²) in [6.07, 6.45) is 10.6. The number of aromatic nitrogens is 5. The van der Waals surface area contributed by atoms with Gasteiger partial charge in [-0.3, -0.25) is 4.90 Å². The highest BCUT2D eigenvalue weighted by Gasteiger charge is 2.33. The Kier molecular flexibility index (Phi) is 4.57. The molecule has 4 heterocycles. The predicted molar refractivity (Wildman–Crippen MR) is 106 cm³/mol. The molecule has 3 aromatic rings. The monoisotopic (exact) mass is 382 g/mol. The van der Waals surface area contributed by atoms with Crippen LogP contribution in [0.25, 0.3) is 0 Å². The number of piperidine rings is 1. The van der Waals surface area contributed by atoms with Crippen molar-refractivity contribution in [1.82, 2.24) is 29.2 Å². The summed E-state index contributed by atoms with van der Waals surface area (Å²) in [7, 11) is 0. The Morgan fingerprint density at radius 2 is 1.93 bits per heavy atom. The molecule has 1 saturated heterocycles. The van der Waals surface area contributed by atoms with Crippen LogP contribution in [0, 0.1) is 6.92 Å². The van der Waals surface area contributed by atoms with E-state index in [2.05, 4.69) is 48.3 Å². The molecule has 0 spiro atoms. The zero-order valence-corrected chi connectivity index (χ0v) is 16.6. The van der Waals surface area contributed by atoms with Gasteiger partial charge in [0.15, 0.2) is 5.82 Å². The molecule has 27 heavy (non-hydrogen) atoms. The van der Waals surface area contributed by atoms with E-state index in [4.69, 9.17) is 0 Å². The summed E-state index contributed by atoms with van der Waals surface area (Å²) in [6.45, 7) is 6.34. The van der Waals surface area contributed by atoms with E-state index in [1.807, 2.05) is 30.1 Å². The van der Waals surface area contributed by atoms with Gasteiger partial charge in [-0.05, 0) is 57.8 Å². The van der Waals surface area contributed by atoms with Gasteiger partial charge in [-0.1, -0.05) is 0 Å². The molecule has 0 unspecified atom stereocenters. The number of hydrogen-bond donors (Lipinski definition) is 0. The first-order valence-corrected chi connectivity index (χ1v) is 10.7. The van der Waals surface area contributed by atoms with Crippen molar-refractivity contribution >= 4 is 11.3 Å². The molecule has 2 fully saturated rings. The molecule has 0 atom stereocenters. The fourth-order valence-electron chi connectivity index (χ4n) is 4.14. The van der Waals surface area contributed by atoms with Crippen LogP contribution in [0.1, 0.15) is 59.0 Å². The Morgan fingerprint density at radius 1 is 1.07 bits per heavy atom. The van der Waals surface area contributed by atoms with Crippen LogP contribution in [-0.2, 0) is 13.1 Å². The van der Waals surface area contributed by atoms with Crippen LogP contribution in [0.4, 0.5) is 0 Å². The Balaban J connectivity index is 1.27. The molecule has 6 nitrogen and oxygen atoms in total. The minimum atomic E-state index is 0.538. The molecule has 2 aliphatic rings. The Hall–Kier alpha value is -1.99. The number of thiophene rings is 1. The van der Waals surface area contributed by atoms with Gasteiger partial charge in [-0.2, -0.15) is 0 Å². The Bertz CT molecular complexity index is 884. The first-order chi connectivity index (χ1) is 13.3. The molecule has 142 valence electrons. The third kappa shape index (κ3) is 3.71. The Morgan fingerprint density at radius 3 is 2.59 bits per heavy atom. The normalized spacial score (nSPS) is 19.0. The lowest BCUT2D eigenvalue weighted by molar-refractivity contribution is 0.201. The molecule has 0 radical (unpaired) electrons. The smallest absolute Gasteiger partial charge is 0.153 e. The maximum absolute atomic E-state index is 4.66. The number of nitrogens with zero attached hydrogens (tertiary/aromatic N) is 6.